The molecule has 0 heterocycles. The fourth-order valence-corrected chi connectivity index (χ4v) is 0.450. The van der Waals surface area contributed by atoms with Crippen LogP contribution in [-0.2, 0) is 4.79 Å². The van der Waals surface area contributed by atoms with Gasteiger partial charge in [0.25, 0.3) is 0 Å². The lowest BCUT2D eigenvalue weighted by atomic mass is 10.1. The van der Waals surface area contributed by atoms with E-state index in [1.165, 1.54) is 6.92 Å². The average Bonchev–Trinajstić information content (AvgIpc) is 1.86. The maximum atomic E-state index is 11.0. The number of hydrogen-bond donors (Lipinski definition) is 2. The standard InChI is InChI=1S/C6H11ClN2O2/c1-3-6(2,7)4(10)9-5(8)11/h3H2,1-2H3,(H3,8,9,10,11). The summed E-state index contributed by atoms with van der Waals surface area (Å²) in [6.45, 7) is 3.26. The second-order valence-corrected chi connectivity index (χ2v) is 3.20. The van der Waals surface area contributed by atoms with Crippen LogP contribution in [0.5, 0.6) is 0 Å². The minimum absolute atomic E-state index is 0.438. The van der Waals surface area contributed by atoms with Gasteiger partial charge in [0.1, 0.15) is 4.87 Å². The van der Waals surface area contributed by atoms with Gasteiger partial charge in [-0.25, -0.2) is 4.79 Å². The van der Waals surface area contributed by atoms with Gasteiger partial charge in [0, 0.05) is 0 Å². The summed E-state index contributed by atoms with van der Waals surface area (Å²) < 4.78 is 0. The Kier molecular flexibility index (Phi) is 3.32. The summed E-state index contributed by atoms with van der Waals surface area (Å²) in [5, 5.41) is 1.90. The molecule has 5 heteroatoms. The highest BCUT2D eigenvalue weighted by molar-refractivity contribution is 6.35. The number of nitrogens with two attached hydrogens (primary N) is 1. The zero-order chi connectivity index (χ0) is 9.07. The Morgan fingerprint density at radius 1 is 1.64 bits per heavy atom. The summed E-state index contributed by atoms with van der Waals surface area (Å²) in [6, 6.07) is -0.879. The first kappa shape index (κ1) is 10.2. The third kappa shape index (κ3) is 3.23. The molecular weight excluding hydrogens is 168 g/mol. The van der Waals surface area contributed by atoms with Crippen LogP contribution < -0.4 is 11.1 Å². The number of carbonyl (C=O) groups is 2. The van der Waals surface area contributed by atoms with Gasteiger partial charge in [0.05, 0.1) is 0 Å². The van der Waals surface area contributed by atoms with Crippen molar-refractivity contribution in [1.29, 1.82) is 0 Å². The topological polar surface area (TPSA) is 72.2 Å². The maximum absolute atomic E-state index is 11.0. The van der Waals surface area contributed by atoms with E-state index in [0.717, 1.165) is 0 Å². The molecule has 3 amide bonds. The van der Waals surface area contributed by atoms with E-state index in [2.05, 4.69) is 0 Å². The number of carbonyl (C=O) groups excluding carboxylic acids is 2. The predicted octanol–water partition coefficient (Wildman–Crippen LogP) is 0.589. The molecule has 1 atom stereocenters. The highest BCUT2D eigenvalue weighted by Gasteiger charge is 2.28. The van der Waals surface area contributed by atoms with Gasteiger partial charge in [-0.05, 0) is 13.3 Å². The van der Waals surface area contributed by atoms with Crippen molar-refractivity contribution in [2.45, 2.75) is 25.1 Å². The summed E-state index contributed by atoms with van der Waals surface area (Å²) in [5.41, 5.74) is 4.72. The molecule has 0 aliphatic rings. The van der Waals surface area contributed by atoms with Crippen molar-refractivity contribution in [3.8, 4) is 0 Å². The van der Waals surface area contributed by atoms with Crippen LogP contribution in [0.15, 0.2) is 0 Å². The molecule has 0 saturated carbocycles. The lowest BCUT2D eigenvalue weighted by Gasteiger charge is -2.16. The molecule has 0 aliphatic carbocycles. The Hall–Kier alpha value is -0.770. The van der Waals surface area contributed by atoms with Crippen molar-refractivity contribution in [3.63, 3.8) is 0 Å². The van der Waals surface area contributed by atoms with E-state index in [1.54, 1.807) is 6.92 Å². The zero-order valence-corrected chi connectivity index (χ0v) is 7.23. The van der Waals surface area contributed by atoms with E-state index in [1.807, 2.05) is 5.32 Å². The number of halogens is 1. The quantitative estimate of drug-likeness (QED) is 0.608. The van der Waals surface area contributed by atoms with Crippen molar-refractivity contribution in [2.24, 2.45) is 5.73 Å². The smallest absolute Gasteiger partial charge is 0.318 e. The van der Waals surface area contributed by atoms with E-state index in [0.29, 0.717) is 6.42 Å². The Bertz CT molecular complexity index is 179. The predicted molar refractivity (Wildman–Crippen MR) is 42.3 cm³/mol. The Balaban J connectivity index is 4.13. The molecule has 0 fully saturated rings. The molecule has 1 unspecified atom stereocenters. The zero-order valence-electron chi connectivity index (χ0n) is 6.48. The molecule has 64 valence electrons. The summed E-state index contributed by atoms with van der Waals surface area (Å²) in [6.07, 6.45) is 0.438. The number of hydrogen-bond acceptors (Lipinski definition) is 2. The first-order valence-electron chi connectivity index (χ1n) is 3.20. The first-order valence-corrected chi connectivity index (χ1v) is 3.57. The Labute approximate surface area is 70.1 Å². The lowest BCUT2D eigenvalue weighted by Crippen LogP contribution is -2.45. The fraction of sp³-hybridized carbons (Fsp3) is 0.667. The molecule has 0 aliphatic heterocycles. The van der Waals surface area contributed by atoms with Crippen molar-refractivity contribution >= 4 is 23.5 Å². The molecule has 0 aromatic heterocycles. The van der Waals surface area contributed by atoms with Crippen LogP contribution in [0.1, 0.15) is 20.3 Å². The first-order chi connectivity index (χ1) is 4.90. The molecule has 0 aromatic carbocycles. The van der Waals surface area contributed by atoms with Crippen LogP contribution in [0.4, 0.5) is 4.79 Å². The van der Waals surface area contributed by atoms with Gasteiger partial charge in [0.15, 0.2) is 0 Å². The van der Waals surface area contributed by atoms with E-state index >= 15 is 0 Å². The van der Waals surface area contributed by atoms with E-state index in [9.17, 15) is 9.59 Å². The molecule has 4 nitrogen and oxygen atoms in total. The number of alkyl halides is 1. The van der Waals surface area contributed by atoms with Crippen molar-refractivity contribution < 1.29 is 9.59 Å². The van der Waals surface area contributed by atoms with Crippen LogP contribution in [0.25, 0.3) is 0 Å². The second kappa shape index (κ2) is 3.57. The highest BCUT2D eigenvalue weighted by atomic mass is 35.5. The normalized spacial score (nSPS) is 15.2. The van der Waals surface area contributed by atoms with E-state index < -0.39 is 16.8 Å². The van der Waals surface area contributed by atoms with Gasteiger partial charge >= 0.3 is 6.03 Å². The van der Waals surface area contributed by atoms with Gasteiger partial charge in [0.2, 0.25) is 5.91 Å². The molecule has 11 heavy (non-hydrogen) atoms. The van der Waals surface area contributed by atoms with Crippen LogP contribution >= 0.6 is 11.6 Å². The Morgan fingerprint density at radius 2 is 2.09 bits per heavy atom. The van der Waals surface area contributed by atoms with Crippen LogP contribution in [0, 0.1) is 0 Å². The molecule has 0 rings (SSSR count). The number of nitrogens with one attached hydrogen (secondary N) is 1. The number of amides is 3. The number of imide groups is 1. The van der Waals surface area contributed by atoms with Gasteiger partial charge in [-0.3, -0.25) is 10.1 Å². The lowest BCUT2D eigenvalue weighted by molar-refractivity contribution is -0.122. The SMILES string of the molecule is CCC(C)(Cl)C(=O)NC(N)=O. The fourth-order valence-electron chi connectivity index (χ4n) is 0.403. The van der Waals surface area contributed by atoms with Gasteiger partial charge < -0.3 is 5.73 Å². The monoisotopic (exact) mass is 178 g/mol. The van der Waals surface area contributed by atoms with Crippen LogP contribution in [0.3, 0.4) is 0 Å². The molecule has 3 N–H and O–H groups in total. The Morgan fingerprint density at radius 3 is 2.36 bits per heavy atom. The summed E-state index contributed by atoms with van der Waals surface area (Å²) in [4.78, 5) is 20.1. The largest absolute Gasteiger partial charge is 0.351 e. The average molecular weight is 179 g/mol. The van der Waals surface area contributed by atoms with Gasteiger partial charge in [-0.2, -0.15) is 0 Å². The minimum Gasteiger partial charge on any atom is -0.351 e. The van der Waals surface area contributed by atoms with E-state index in [-0.39, 0.29) is 0 Å². The third-order valence-electron chi connectivity index (χ3n) is 1.37. The third-order valence-corrected chi connectivity index (χ3v) is 1.81. The number of primary amides is 1. The van der Waals surface area contributed by atoms with Crippen molar-refractivity contribution in [1.82, 2.24) is 5.32 Å². The second-order valence-electron chi connectivity index (χ2n) is 2.37. The molecule has 0 bridgehead atoms. The summed E-state index contributed by atoms with van der Waals surface area (Å²) in [5.74, 6) is -0.561. The minimum atomic E-state index is -1.05. The summed E-state index contributed by atoms with van der Waals surface area (Å²) >= 11 is 5.70. The highest BCUT2D eigenvalue weighted by Crippen LogP contribution is 2.17. The number of rotatable bonds is 2. The molecule has 0 spiro atoms. The summed E-state index contributed by atoms with van der Waals surface area (Å²) in [7, 11) is 0. The van der Waals surface area contributed by atoms with Gasteiger partial charge in [-0.1, -0.05) is 6.92 Å². The molecule has 0 radical (unpaired) electrons. The molecular formula is C6H11ClN2O2. The van der Waals surface area contributed by atoms with Crippen molar-refractivity contribution in [3.05, 3.63) is 0 Å². The maximum Gasteiger partial charge on any atom is 0.318 e. The van der Waals surface area contributed by atoms with Crippen LogP contribution in [0.2, 0.25) is 0 Å². The number of urea groups is 1. The molecule has 0 saturated heterocycles. The van der Waals surface area contributed by atoms with Crippen molar-refractivity contribution in [2.75, 3.05) is 0 Å². The van der Waals surface area contributed by atoms with Gasteiger partial charge in [-0.15, -0.1) is 11.6 Å². The van der Waals surface area contributed by atoms with Crippen LogP contribution in [-0.4, -0.2) is 16.8 Å². The molecule has 0 aromatic rings. The van der Waals surface area contributed by atoms with E-state index in [4.69, 9.17) is 17.3 Å².